The largest absolute Gasteiger partial charge is 0.242 e. The summed E-state index contributed by atoms with van der Waals surface area (Å²) in [5.74, 6) is 0.204. The molecule has 0 aliphatic heterocycles. The average Bonchev–Trinajstić information content (AvgIpc) is 2.67. The summed E-state index contributed by atoms with van der Waals surface area (Å²) >= 11 is 7.20. The van der Waals surface area contributed by atoms with Gasteiger partial charge in [0.25, 0.3) is 0 Å². The maximum absolute atomic E-state index is 11.9. The number of rotatable bonds is 3. The van der Waals surface area contributed by atoms with Gasteiger partial charge in [-0.25, -0.2) is 13.1 Å². The highest BCUT2D eigenvalue weighted by Gasteiger charge is 2.22. The second kappa shape index (κ2) is 4.33. The molecule has 0 radical (unpaired) electrons. The van der Waals surface area contributed by atoms with Gasteiger partial charge in [0.1, 0.15) is 4.90 Å². The molecule has 1 aromatic heterocycles. The van der Waals surface area contributed by atoms with Gasteiger partial charge >= 0.3 is 0 Å². The SMILES string of the molecule is CNS(=O)(=O)c1c(CCl)sc2ccccc12. The molecule has 0 saturated carbocycles. The monoisotopic (exact) mass is 275 g/mol. The van der Waals surface area contributed by atoms with Crippen molar-refractivity contribution in [3.63, 3.8) is 0 Å². The number of halogens is 1. The minimum absolute atomic E-state index is 0.204. The molecule has 3 nitrogen and oxygen atoms in total. The van der Waals surface area contributed by atoms with Crippen LogP contribution in [0.5, 0.6) is 0 Å². The quantitative estimate of drug-likeness (QED) is 0.875. The Bertz CT molecular complexity index is 619. The molecular weight excluding hydrogens is 266 g/mol. The third-order valence-corrected chi connectivity index (χ3v) is 5.54. The maximum Gasteiger partial charge on any atom is 0.242 e. The van der Waals surface area contributed by atoms with E-state index in [0.717, 1.165) is 10.1 Å². The van der Waals surface area contributed by atoms with Crippen LogP contribution in [0.2, 0.25) is 0 Å². The molecule has 1 heterocycles. The highest BCUT2D eigenvalue weighted by molar-refractivity contribution is 7.90. The lowest BCUT2D eigenvalue weighted by Crippen LogP contribution is -2.19. The molecule has 0 atom stereocenters. The number of hydrogen-bond donors (Lipinski definition) is 1. The van der Waals surface area contributed by atoms with Crippen molar-refractivity contribution in [3.8, 4) is 0 Å². The van der Waals surface area contributed by atoms with Crippen molar-refractivity contribution < 1.29 is 8.42 Å². The summed E-state index contributed by atoms with van der Waals surface area (Å²) < 4.78 is 27.1. The molecule has 0 saturated heterocycles. The zero-order valence-electron chi connectivity index (χ0n) is 8.53. The first-order valence-electron chi connectivity index (χ1n) is 4.60. The van der Waals surface area contributed by atoms with E-state index in [1.165, 1.54) is 18.4 Å². The lowest BCUT2D eigenvalue weighted by Gasteiger charge is -2.02. The Hall–Kier alpha value is -0.620. The summed E-state index contributed by atoms with van der Waals surface area (Å²) in [5.41, 5.74) is 0. The smallest absolute Gasteiger partial charge is 0.214 e. The van der Waals surface area contributed by atoms with Crippen LogP contribution < -0.4 is 4.72 Å². The Morgan fingerprint density at radius 1 is 1.38 bits per heavy atom. The third-order valence-electron chi connectivity index (χ3n) is 2.28. The van der Waals surface area contributed by atoms with Crippen LogP contribution in [0.3, 0.4) is 0 Å². The van der Waals surface area contributed by atoms with Gasteiger partial charge in [0.2, 0.25) is 10.0 Å². The molecule has 6 heteroatoms. The zero-order valence-corrected chi connectivity index (χ0v) is 10.9. The molecule has 2 aromatic rings. The fourth-order valence-corrected chi connectivity index (χ4v) is 4.45. The summed E-state index contributed by atoms with van der Waals surface area (Å²) in [6.07, 6.45) is 0. The van der Waals surface area contributed by atoms with Crippen LogP contribution in [0.15, 0.2) is 29.2 Å². The Kier molecular flexibility index (Phi) is 3.21. The van der Waals surface area contributed by atoms with Crippen LogP contribution in [0, 0.1) is 0 Å². The zero-order chi connectivity index (χ0) is 11.8. The molecule has 0 fully saturated rings. The van der Waals surface area contributed by atoms with Gasteiger partial charge in [-0.3, -0.25) is 0 Å². The Labute approximate surface area is 103 Å². The first-order chi connectivity index (χ1) is 7.60. The van der Waals surface area contributed by atoms with E-state index >= 15 is 0 Å². The molecule has 0 bridgehead atoms. The van der Waals surface area contributed by atoms with E-state index in [4.69, 9.17) is 11.6 Å². The summed E-state index contributed by atoms with van der Waals surface area (Å²) in [7, 11) is -2.05. The van der Waals surface area contributed by atoms with Crippen LogP contribution in [-0.2, 0) is 15.9 Å². The highest BCUT2D eigenvalue weighted by Crippen LogP contribution is 2.35. The van der Waals surface area contributed by atoms with Crippen molar-refractivity contribution in [2.45, 2.75) is 10.8 Å². The minimum Gasteiger partial charge on any atom is -0.214 e. The van der Waals surface area contributed by atoms with Gasteiger partial charge in [-0.05, 0) is 13.1 Å². The summed E-state index contributed by atoms with van der Waals surface area (Å²) in [6, 6.07) is 7.39. The van der Waals surface area contributed by atoms with E-state index in [2.05, 4.69) is 4.72 Å². The molecule has 16 heavy (non-hydrogen) atoms. The van der Waals surface area contributed by atoms with Crippen molar-refractivity contribution in [3.05, 3.63) is 29.1 Å². The van der Waals surface area contributed by atoms with Crippen LogP contribution in [0.4, 0.5) is 0 Å². The predicted octanol–water partition coefficient (Wildman–Crippen LogP) is 2.55. The highest BCUT2D eigenvalue weighted by atomic mass is 35.5. The molecule has 0 amide bonds. The topological polar surface area (TPSA) is 46.2 Å². The predicted molar refractivity (Wildman–Crippen MR) is 67.6 cm³/mol. The van der Waals surface area contributed by atoms with Gasteiger partial charge in [0.05, 0.1) is 5.88 Å². The number of alkyl halides is 1. The summed E-state index contributed by atoms with van der Waals surface area (Å²) in [4.78, 5) is 0.989. The van der Waals surface area contributed by atoms with Gasteiger partial charge in [-0.1, -0.05) is 18.2 Å². The van der Waals surface area contributed by atoms with Crippen molar-refractivity contribution in [1.29, 1.82) is 0 Å². The van der Waals surface area contributed by atoms with E-state index in [9.17, 15) is 8.42 Å². The Morgan fingerprint density at radius 3 is 2.69 bits per heavy atom. The van der Waals surface area contributed by atoms with E-state index in [0.29, 0.717) is 9.77 Å². The molecule has 0 aliphatic carbocycles. The first-order valence-corrected chi connectivity index (χ1v) is 7.43. The lowest BCUT2D eigenvalue weighted by molar-refractivity contribution is 0.589. The van der Waals surface area contributed by atoms with Crippen molar-refractivity contribution in [2.75, 3.05) is 7.05 Å². The number of fused-ring (bicyclic) bond motifs is 1. The fourth-order valence-electron chi connectivity index (χ4n) is 1.56. The second-order valence-corrected chi connectivity index (χ2v) is 6.42. The summed E-state index contributed by atoms with van der Waals surface area (Å²) in [6.45, 7) is 0. The van der Waals surface area contributed by atoms with Gasteiger partial charge in [-0.15, -0.1) is 22.9 Å². The van der Waals surface area contributed by atoms with Crippen LogP contribution >= 0.6 is 22.9 Å². The molecule has 0 unspecified atom stereocenters. The van der Waals surface area contributed by atoms with E-state index in [-0.39, 0.29) is 5.88 Å². The molecular formula is C10H10ClNO2S2. The average molecular weight is 276 g/mol. The number of thiophene rings is 1. The molecule has 0 aliphatic rings. The lowest BCUT2D eigenvalue weighted by atomic mass is 10.2. The number of hydrogen-bond acceptors (Lipinski definition) is 3. The van der Waals surface area contributed by atoms with Crippen LogP contribution in [0.1, 0.15) is 4.88 Å². The van der Waals surface area contributed by atoms with Crippen LogP contribution in [-0.4, -0.2) is 15.5 Å². The standard InChI is InChI=1S/C10H10ClNO2S2/c1-12-16(13,14)10-7-4-2-3-5-8(7)15-9(10)6-11/h2-5,12H,6H2,1H3. The van der Waals surface area contributed by atoms with Gasteiger partial charge < -0.3 is 0 Å². The van der Waals surface area contributed by atoms with E-state index < -0.39 is 10.0 Å². The Balaban J connectivity index is 2.85. The first kappa shape index (κ1) is 11.9. The van der Waals surface area contributed by atoms with Crippen molar-refractivity contribution >= 4 is 43.0 Å². The molecule has 2 rings (SSSR count). The Morgan fingerprint density at radius 2 is 2.06 bits per heavy atom. The minimum atomic E-state index is -3.45. The van der Waals surface area contributed by atoms with Crippen molar-refractivity contribution in [2.24, 2.45) is 0 Å². The fraction of sp³-hybridized carbons (Fsp3) is 0.200. The number of sulfonamides is 1. The number of benzene rings is 1. The van der Waals surface area contributed by atoms with E-state index in [1.54, 1.807) is 6.07 Å². The second-order valence-electron chi connectivity index (χ2n) is 3.19. The number of nitrogens with one attached hydrogen (secondary N) is 1. The molecule has 1 N–H and O–H groups in total. The van der Waals surface area contributed by atoms with Crippen molar-refractivity contribution in [1.82, 2.24) is 4.72 Å². The normalized spacial score (nSPS) is 12.1. The molecule has 0 spiro atoms. The van der Waals surface area contributed by atoms with Gasteiger partial charge in [0, 0.05) is 15.0 Å². The molecule has 1 aromatic carbocycles. The van der Waals surface area contributed by atoms with Crippen LogP contribution in [0.25, 0.3) is 10.1 Å². The van der Waals surface area contributed by atoms with E-state index in [1.807, 2.05) is 18.2 Å². The maximum atomic E-state index is 11.9. The molecule has 86 valence electrons. The van der Waals surface area contributed by atoms with Gasteiger partial charge in [-0.2, -0.15) is 0 Å². The third kappa shape index (κ3) is 1.84. The van der Waals surface area contributed by atoms with Gasteiger partial charge in [0.15, 0.2) is 0 Å². The summed E-state index contributed by atoms with van der Waals surface area (Å²) in [5, 5.41) is 0.734.